The fraction of sp³-hybridized carbons (Fsp3) is 0.280. The standard InChI is InChI=1S/C25H26N4O2/c1-3-28(14-7-13-26)19-11-12-21(18(2)16-19)24-27-23-10-5-4-9-22(23)25(30)29(24)17-20-8-6-15-31-20/h4-6,8-12,15-16,24,27H,3,7,14,17H2,1-2H3/t24-/m1/s1. The molecular formula is C25H26N4O2. The van der Waals surface area contributed by atoms with Gasteiger partial charge in [0.15, 0.2) is 0 Å². The van der Waals surface area contributed by atoms with Crippen molar-refractivity contribution in [2.45, 2.75) is 33.0 Å². The van der Waals surface area contributed by atoms with Crippen LogP contribution in [0.4, 0.5) is 11.4 Å². The molecule has 1 aromatic heterocycles. The maximum absolute atomic E-state index is 13.4. The molecule has 0 unspecified atom stereocenters. The molecular weight excluding hydrogens is 388 g/mol. The number of benzene rings is 2. The lowest BCUT2D eigenvalue weighted by Gasteiger charge is -2.38. The number of fused-ring (bicyclic) bond motifs is 1. The molecule has 1 amide bonds. The second-order valence-electron chi connectivity index (χ2n) is 7.63. The fourth-order valence-electron chi connectivity index (χ4n) is 4.09. The second kappa shape index (κ2) is 8.97. The Bertz CT molecular complexity index is 1100. The van der Waals surface area contributed by atoms with Crippen molar-refractivity contribution in [2.24, 2.45) is 0 Å². The third-order valence-corrected chi connectivity index (χ3v) is 5.72. The molecule has 0 spiro atoms. The van der Waals surface area contributed by atoms with Crippen molar-refractivity contribution >= 4 is 17.3 Å². The number of amides is 1. The van der Waals surface area contributed by atoms with Gasteiger partial charge in [-0.25, -0.2) is 0 Å². The molecule has 1 aliphatic rings. The second-order valence-corrected chi connectivity index (χ2v) is 7.63. The summed E-state index contributed by atoms with van der Waals surface area (Å²) in [5, 5.41) is 12.5. The van der Waals surface area contributed by atoms with Crippen LogP contribution < -0.4 is 10.2 Å². The molecule has 6 heteroatoms. The van der Waals surface area contributed by atoms with Crippen molar-refractivity contribution in [3.05, 3.63) is 83.3 Å². The lowest BCUT2D eigenvalue weighted by Crippen LogP contribution is -2.42. The van der Waals surface area contributed by atoms with Gasteiger partial charge in [-0.1, -0.05) is 18.2 Å². The van der Waals surface area contributed by atoms with Crippen LogP contribution in [0.25, 0.3) is 0 Å². The number of carbonyl (C=O) groups is 1. The average molecular weight is 415 g/mol. The van der Waals surface area contributed by atoms with E-state index < -0.39 is 0 Å². The molecule has 31 heavy (non-hydrogen) atoms. The van der Waals surface area contributed by atoms with Gasteiger partial charge in [-0.05, 0) is 61.4 Å². The van der Waals surface area contributed by atoms with Gasteiger partial charge in [0.1, 0.15) is 11.9 Å². The Labute approximate surface area is 182 Å². The Morgan fingerprint density at radius 2 is 2.03 bits per heavy atom. The van der Waals surface area contributed by atoms with Crippen LogP contribution in [0.15, 0.2) is 65.3 Å². The van der Waals surface area contributed by atoms with Gasteiger partial charge < -0.3 is 19.5 Å². The Balaban J connectivity index is 1.70. The van der Waals surface area contributed by atoms with E-state index in [2.05, 4.69) is 48.3 Å². The fourth-order valence-corrected chi connectivity index (χ4v) is 4.09. The zero-order valence-corrected chi connectivity index (χ0v) is 17.8. The maximum atomic E-state index is 13.4. The molecule has 1 atom stereocenters. The van der Waals surface area contributed by atoms with Crippen LogP contribution in [0.3, 0.4) is 0 Å². The van der Waals surface area contributed by atoms with Crippen LogP contribution in [0, 0.1) is 18.3 Å². The zero-order valence-electron chi connectivity index (χ0n) is 17.8. The topological polar surface area (TPSA) is 72.5 Å². The normalized spacial score (nSPS) is 15.2. The monoisotopic (exact) mass is 414 g/mol. The van der Waals surface area contributed by atoms with Gasteiger partial charge >= 0.3 is 0 Å². The van der Waals surface area contributed by atoms with Gasteiger partial charge in [0.2, 0.25) is 0 Å². The largest absolute Gasteiger partial charge is 0.467 e. The number of nitriles is 1. The molecule has 2 heterocycles. The molecule has 0 bridgehead atoms. The van der Waals surface area contributed by atoms with Crippen LogP contribution in [0.5, 0.6) is 0 Å². The van der Waals surface area contributed by atoms with Crippen molar-refractivity contribution in [1.82, 2.24) is 4.90 Å². The number of hydrogen-bond donors (Lipinski definition) is 1. The van der Waals surface area contributed by atoms with Crippen molar-refractivity contribution in [3.63, 3.8) is 0 Å². The summed E-state index contributed by atoms with van der Waals surface area (Å²) in [7, 11) is 0. The van der Waals surface area contributed by atoms with Crippen LogP contribution in [-0.2, 0) is 6.54 Å². The van der Waals surface area contributed by atoms with E-state index in [0.29, 0.717) is 25.1 Å². The maximum Gasteiger partial charge on any atom is 0.258 e. The van der Waals surface area contributed by atoms with Crippen molar-refractivity contribution in [3.8, 4) is 6.07 Å². The SMILES string of the molecule is CCN(CCC#N)c1ccc([C@@H]2Nc3ccccc3C(=O)N2Cc2ccco2)c(C)c1. The molecule has 4 rings (SSSR count). The average Bonchev–Trinajstić information content (AvgIpc) is 3.30. The summed E-state index contributed by atoms with van der Waals surface area (Å²) in [5.41, 5.74) is 4.70. The van der Waals surface area contributed by atoms with Gasteiger partial charge in [-0.15, -0.1) is 0 Å². The molecule has 0 aliphatic carbocycles. The highest BCUT2D eigenvalue weighted by atomic mass is 16.3. The van der Waals surface area contributed by atoms with E-state index in [-0.39, 0.29) is 12.1 Å². The van der Waals surface area contributed by atoms with Gasteiger partial charge in [-0.3, -0.25) is 4.79 Å². The quantitative estimate of drug-likeness (QED) is 0.583. The molecule has 2 aromatic carbocycles. The number of furan rings is 1. The Morgan fingerprint density at radius 1 is 1.19 bits per heavy atom. The number of anilines is 2. The summed E-state index contributed by atoms with van der Waals surface area (Å²) in [4.78, 5) is 17.4. The summed E-state index contributed by atoms with van der Waals surface area (Å²) < 4.78 is 5.53. The highest BCUT2D eigenvalue weighted by Crippen LogP contribution is 2.36. The highest BCUT2D eigenvalue weighted by Gasteiger charge is 2.34. The van der Waals surface area contributed by atoms with E-state index in [1.54, 1.807) is 6.26 Å². The van der Waals surface area contributed by atoms with E-state index in [9.17, 15) is 4.79 Å². The molecule has 3 aromatic rings. The Kier molecular flexibility index (Phi) is 5.94. The minimum Gasteiger partial charge on any atom is -0.467 e. The number of rotatable bonds is 7. The van der Waals surface area contributed by atoms with Crippen molar-refractivity contribution < 1.29 is 9.21 Å². The first-order valence-corrected chi connectivity index (χ1v) is 10.5. The summed E-state index contributed by atoms with van der Waals surface area (Å²) in [6.07, 6.45) is 1.80. The number of aryl methyl sites for hydroxylation is 1. The van der Waals surface area contributed by atoms with Gasteiger partial charge in [-0.2, -0.15) is 5.26 Å². The summed E-state index contributed by atoms with van der Waals surface area (Å²) in [6, 6.07) is 19.8. The Hall–Kier alpha value is -3.72. The van der Waals surface area contributed by atoms with Crippen LogP contribution >= 0.6 is 0 Å². The zero-order chi connectivity index (χ0) is 21.8. The molecule has 158 valence electrons. The molecule has 0 radical (unpaired) electrons. The molecule has 1 N–H and O–H groups in total. The van der Waals surface area contributed by atoms with E-state index >= 15 is 0 Å². The molecule has 1 aliphatic heterocycles. The molecule has 0 saturated carbocycles. The molecule has 0 fully saturated rings. The first-order valence-electron chi connectivity index (χ1n) is 10.5. The lowest BCUT2D eigenvalue weighted by atomic mass is 9.99. The first-order chi connectivity index (χ1) is 15.1. The van der Waals surface area contributed by atoms with Crippen LogP contribution in [-0.4, -0.2) is 23.9 Å². The van der Waals surface area contributed by atoms with Crippen LogP contribution in [0.1, 0.15) is 46.8 Å². The predicted molar refractivity (Wildman–Crippen MR) is 121 cm³/mol. The van der Waals surface area contributed by atoms with Crippen molar-refractivity contribution in [2.75, 3.05) is 23.3 Å². The molecule has 6 nitrogen and oxygen atoms in total. The highest BCUT2D eigenvalue weighted by molar-refractivity contribution is 6.01. The number of hydrogen-bond acceptors (Lipinski definition) is 5. The summed E-state index contributed by atoms with van der Waals surface area (Å²) in [6.45, 7) is 6.06. The molecule has 0 saturated heterocycles. The third kappa shape index (κ3) is 4.13. The number of para-hydroxylation sites is 1. The predicted octanol–water partition coefficient (Wildman–Crippen LogP) is 5.09. The van der Waals surface area contributed by atoms with E-state index in [1.165, 1.54) is 0 Å². The minimum absolute atomic E-state index is 0.0246. The summed E-state index contributed by atoms with van der Waals surface area (Å²) in [5.74, 6) is 0.714. The van der Waals surface area contributed by atoms with Gasteiger partial charge in [0.25, 0.3) is 5.91 Å². The van der Waals surface area contributed by atoms with Gasteiger partial charge in [0, 0.05) is 24.5 Å². The minimum atomic E-state index is -0.310. The third-order valence-electron chi connectivity index (χ3n) is 5.72. The lowest BCUT2D eigenvalue weighted by molar-refractivity contribution is 0.0651. The van der Waals surface area contributed by atoms with E-state index in [0.717, 1.165) is 34.8 Å². The number of carbonyl (C=O) groups excluding carboxylic acids is 1. The Morgan fingerprint density at radius 3 is 2.74 bits per heavy atom. The van der Waals surface area contributed by atoms with Crippen LogP contribution in [0.2, 0.25) is 0 Å². The summed E-state index contributed by atoms with van der Waals surface area (Å²) >= 11 is 0. The first kappa shape index (κ1) is 20.5. The van der Waals surface area contributed by atoms with E-state index in [1.807, 2.05) is 41.3 Å². The number of nitrogens with one attached hydrogen (secondary N) is 1. The smallest absolute Gasteiger partial charge is 0.258 e. The number of nitrogens with zero attached hydrogens (tertiary/aromatic N) is 3. The van der Waals surface area contributed by atoms with E-state index in [4.69, 9.17) is 9.68 Å². The van der Waals surface area contributed by atoms with Gasteiger partial charge in [0.05, 0.1) is 30.9 Å². The van der Waals surface area contributed by atoms with Crippen molar-refractivity contribution in [1.29, 1.82) is 5.26 Å².